The topological polar surface area (TPSA) is 12.5 Å². The highest BCUT2D eigenvalue weighted by molar-refractivity contribution is 5.37. The zero-order valence-electron chi connectivity index (χ0n) is 19.8. The number of hydrogen-bond donors (Lipinski definition) is 0. The van der Waals surface area contributed by atoms with Crippen molar-refractivity contribution in [1.82, 2.24) is 4.90 Å². The maximum atomic E-state index is 5.95. The molecule has 0 saturated heterocycles. The van der Waals surface area contributed by atoms with Crippen LogP contribution in [0.3, 0.4) is 0 Å². The molecule has 30 heavy (non-hydrogen) atoms. The highest BCUT2D eigenvalue weighted by Gasteiger charge is 2.44. The van der Waals surface area contributed by atoms with Crippen LogP contribution in [0, 0.1) is 0 Å². The number of unbranched alkanes of at least 4 members (excludes halogenated alkanes) is 1. The molecule has 2 unspecified atom stereocenters. The van der Waals surface area contributed by atoms with Crippen molar-refractivity contribution in [1.29, 1.82) is 0 Å². The first-order valence-electron chi connectivity index (χ1n) is 11.9. The zero-order chi connectivity index (χ0) is 21.6. The highest BCUT2D eigenvalue weighted by atomic mass is 16.5. The Morgan fingerprint density at radius 3 is 2.00 bits per heavy atom. The summed E-state index contributed by atoms with van der Waals surface area (Å²) in [5.41, 5.74) is 4.81. The van der Waals surface area contributed by atoms with Crippen LogP contribution in [0.1, 0.15) is 87.8 Å². The largest absolute Gasteiger partial charge is 0.494 e. The molecule has 0 amide bonds. The Morgan fingerprint density at radius 2 is 1.47 bits per heavy atom. The molecule has 2 aromatic rings. The summed E-state index contributed by atoms with van der Waals surface area (Å²) in [6.45, 7) is 8.91. The molecule has 2 heteroatoms. The number of rotatable bonds is 12. The van der Waals surface area contributed by atoms with Gasteiger partial charge in [-0.05, 0) is 105 Å². The fourth-order valence-electron chi connectivity index (χ4n) is 4.48. The summed E-state index contributed by atoms with van der Waals surface area (Å²) in [6.07, 6.45) is 7.36. The Kier molecular flexibility index (Phi) is 7.99. The van der Waals surface area contributed by atoms with Crippen molar-refractivity contribution >= 4 is 0 Å². The lowest BCUT2D eigenvalue weighted by Crippen LogP contribution is -2.13. The summed E-state index contributed by atoms with van der Waals surface area (Å²) in [7, 11) is 4.24. The Balaban J connectivity index is 1.53. The van der Waals surface area contributed by atoms with Crippen LogP contribution < -0.4 is 4.74 Å². The first-order chi connectivity index (χ1) is 14.4. The van der Waals surface area contributed by atoms with Crippen molar-refractivity contribution < 1.29 is 4.74 Å². The first-order valence-corrected chi connectivity index (χ1v) is 11.9. The molecular formula is C28H41NO. The summed E-state index contributed by atoms with van der Waals surface area (Å²) in [5, 5.41) is 0. The second-order valence-corrected chi connectivity index (χ2v) is 9.74. The summed E-state index contributed by atoms with van der Waals surface area (Å²) in [5.74, 6) is 2.25. The molecule has 1 saturated carbocycles. The van der Waals surface area contributed by atoms with Crippen molar-refractivity contribution in [2.24, 2.45) is 0 Å². The Morgan fingerprint density at radius 1 is 0.867 bits per heavy atom. The van der Waals surface area contributed by atoms with E-state index in [0.717, 1.165) is 25.3 Å². The van der Waals surface area contributed by atoms with Gasteiger partial charge in [0.05, 0.1) is 6.61 Å². The van der Waals surface area contributed by atoms with E-state index in [-0.39, 0.29) is 0 Å². The van der Waals surface area contributed by atoms with E-state index in [4.69, 9.17) is 4.74 Å². The molecule has 1 aliphatic rings. The van der Waals surface area contributed by atoms with Gasteiger partial charge in [0, 0.05) is 0 Å². The predicted octanol–water partition coefficient (Wildman–Crippen LogP) is 7.15. The SMILES string of the molecule is CCC(C)c1ccc(C(C)CC2(c3ccc(OCCCCN(C)C)cc3)CC2)cc1. The highest BCUT2D eigenvalue weighted by Crippen LogP contribution is 2.54. The van der Waals surface area contributed by atoms with E-state index in [1.54, 1.807) is 0 Å². The molecule has 3 rings (SSSR count). The van der Waals surface area contributed by atoms with Gasteiger partial charge in [0.25, 0.3) is 0 Å². The van der Waals surface area contributed by atoms with Gasteiger partial charge in [-0.1, -0.05) is 57.2 Å². The molecule has 0 bridgehead atoms. The molecule has 0 N–H and O–H groups in total. The van der Waals surface area contributed by atoms with E-state index in [0.29, 0.717) is 17.3 Å². The van der Waals surface area contributed by atoms with Crippen molar-refractivity contribution in [3.05, 3.63) is 65.2 Å². The third-order valence-electron chi connectivity index (χ3n) is 6.97. The molecule has 2 aromatic carbocycles. The maximum Gasteiger partial charge on any atom is 0.119 e. The van der Waals surface area contributed by atoms with E-state index in [2.05, 4.69) is 88.3 Å². The summed E-state index contributed by atoms with van der Waals surface area (Å²) in [6, 6.07) is 18.3. The Bertz CT molecular complexity index is 758. The molecule has 2 atom stereocenters. The minimum atomic E-state index is 0.374. The molecular weight excluding hydrogens is 366 g/mol. The fourth-order valence-corrected chi connectivity index (χ4v) is 4.48. The molecule has 0 heterocycles. The summed E-state index contributed by atoms with van der Waals surface area (Å²) >= 11 is 0. The third kappa shape index (κ3) is 6.11. The van der Waals surface area contributed by atoms with E-state index in [9.17, 15) is 0 Å². The second kappa shape index (κ2) is 10.5. The normalized spacial score (nSPS) is 17.0. The third-order valence-corrected chi connectivity index (χ3v) is 6.97. The van der Waals surface area contributed by atoms with Crippen LogP contribution in [0.4, 0.5) is 0 Å². The summed E-state index contributed by atoms with van der Waals surface area (Å²) in [4.78, 5) is 2.23. The van der Waals surface area contributed by atoms with E-state index >= 15 is 0 Å². The quantitative estimate of drug-likeness (QED) is 0.346. The molecule has 1 fully saturated rings. The van der Waals surface area contributed by atoms with Gasteiger partial charge in [0.15, 0.2) is 0 Å². The van der Waals surface area contributed by atoms with Crippen LogP contribution in [0.25, 0.3) is 0 Å². The van der Waals surface area contributed by atoms with Crippen LogP contribution in [0.5, 0.6) is 5.75 Å². The number of ether oxygens (including phenoxy) is 1. The zero-order valence-corrected chi connectivity index (χ0v) is 19.8. The molecule has 164 valence electrons. The van der Waals surface area contributed by atoms with Gasteiger partial charge in [0.1, 0.15) is 5.75 Å². The standard InChI is InChI=1S/C28H41NO/c1-6-22(2)24-9-11-25(12-10-24)23(3)21-28(17-18-28)26-13-15-27(16-14-26)30-20-8-7-19-29(4)5/h9-16,22-23H,6-8,17-21H2,1-5H3. The monoisotopic (exact) mass is 407 g/mol. The molecule has 0 aliphatic heterocycles. The lowest BCUT2D eigenvalue weighted by molar-refractivity contribution is 0.293. The number of nitrogens with zero attached hydrogens (tertiary/aromatic N) is 1. The number of hydrogen-bond acceptors (Lipinski definition) is 2. The predicted molar refractivity (Wildman–Crippen MR) is 129 cm³/mol. The average Bonchev–Trinajstić information content (AvgIpc) is 3.53. The van der Waals surface area contributed by atoms with E-state index in [1.807, 2.05) is 0 Å². The molecule has 0 spiro atoms. The smallest absolute Gasteiger partial charge is 0.119 e. The lowest BCUT2D eigenvalue weighted by Gasteiger charge is -2.22. The second-order valence-electron chi connectivity index (χ2n) is 9.74. The van der Waals surface area contributed by atoms with Gasteiger partial charge in [-0.2, -0.15) is 0 Å². The van der Waals surface area contributed by atoms with Gasteiger partial charge in [-0.25, -0.2) is 0 Å². The fraction of sp³-hybridized carbons (Fsp3) is 0.571. The minimum Gasteiger partial charge on any atom is -0.494 e. The van der Waals surface area contributed by atoms with Crippen LogP contribution >= 0.6 is 0 Å². The van der Waals surface area contributed by atoms with Gasteiger partial charge in [-0.15, -0.1) is 0 Å². The van der Waals surface area contributed by atoms with Gasteiger partial charge in [-0.3, -0.25) is 0 Å². The molecule has 2 nitrogen and oxygen atoms in total. The molecule has 0 aromatic heterocycles. The average molecular weight is 408 g/mol. The Labute approximate surface area is 184 Å². The summed E-state index contributed by atoms with van der Waals surface area (Å²) < 4.78 is 5.95. The van der Waals surface area contributed by atoms with Crippen molar-refractivity contribution in [3.63, 3.8) is 0 Å². The van der Waals surface area contributed by atoms with Crippen LogP contribution in [0.15, 0.2) is 48.5 Å². The Hall–Kier alpha value is -1.80. The van der Waals surface area contributed by atoms with Crippen molar-refractivity contribution in [2.75, 3.05) is 27.2 Å². The molecule has 0 radical (unpaired) electrons. The minimum absolute atomic E-state index is 0.374. The van der Waals surface area contributed by atoms with Crippen molar-refractivity contribution in [2.45, 2.75) is 76.5 Å². The molecule has 1 aliphatic carbocycles. The lowest BCUT2D eigenvalue weighted by atomic mass is 9.83. The van der Waals surface area contributed by atoms with E-state index < -0.39 is 0 Å². The van der Waals surface area contributed by atoms with Crippen molar-refractivity contribution in [3.8, 4) is 5.75 Å². The van der Waals surface area contributed by atoms with Crippen LogP contribution in [-0.2, 0) is 5.41 Å². The van der Waals surface area contributed by atoms with Crippen LogP contribution in [-0.4, -0.2) is 32.1 Å². The van der Waals surface area contributed by atoms with Gasteiger partial charge < -0.3 is 9.64 Å². The van der Waals surface area contributed by atoms with Gasteiger partial charge >= 0.3 is 0 Å². The number of benzene rings is 2. The van der Waals surface area contributed by atoms with E-state index in [1.165, 1.54) is 48.8 Å². The van der Waals surface area contributed by atoms with Crippen LogP contribution in [0.2, 0.25) is 0 Å². The first kappa shape index (κ1) is 22.9. The van der Waals surface area contributed by atoms with Gasteiger partial charge in [0.2, 0.25) is 0 Å². The maximum absolute atomic E-state index is 5.95.